The minimum Gasteiger partial charge on any atom is -0.477 e. The molecule has 2 rings (SSSR count). The molecule has 2 N–H and O–H groups in total. The van der Waals surface area contributed by atoms with E-state index in [1.54, 1.807) is 24.3 Å². The Balaban J connectivity index is 2.22. The number of benzene rings is 1. The number of sulfonamides is 1. The number of nitrogens with zero attached hydrogens (tertiary/aromatic N) is 1. The van der Waals surface area contributed by atoms with Gasteiger partial charge in [0.15, 0.2) is 0 Å². The number of nitrogens with one attached hydrogen (secondary N) is 1. The molecule has 112 valence electrons. The predicted octanol–water partition coefficient (Wildman–Crippen LogP) is 2.31. The number of rotatable bonds is 5. The molecule has 1 heterocycles. The molecule has 0 unspecified atom stereocenters. The summed E-state index contributed by atoms with van der Waals surface area (Å²) in [5.74, 6) is -1.14. The summed E-state index contributed by atoms with van der Waals surface area (Å²) in [5, 5.41) is 10.1. The summed E-state index contributed by atoms with van der Waals surface area (Å²) in [7, 11) is -0.00190. The molecule has 0 atom stereocenters. The van der Waals surface area contributed by atoms with Gasteiger partial charge in [-0.15, -0.1) is 11.3 Å². The lowest BCUT2D eigenvalue weighted by molar-refractivity contribution is 0.0702. The first-order valence-electron chi connectivity index (χ1n) is 5.91. The van der Waals surface area contributed by atoms with E-state index in [0.29, 0.717) is 5.69 Å². The van der Waals surface area contributed by atoms with E-state index in [4.69, 9.17) is 5.11 Å². The molecule has 0 saturated carbocycles. The second kappa shape index (κ2) is 5.74. The van der Waals surface area contributed by atoms with Crippen molar-refractivity contribution in [1.82, 2.24) is 0 Å². The summed E-state index contributed by atoms with van der Waals surface area (Å²) in [6.07, 6.45) is 0. The Labute approximate surface area is 126 Å². The van der Waals surface area contributed by atoms with Gasteiger partial charge in [0, 0.05) is 30.9 Å². The Morgan fingerprint density at radius 3 is 2.33 bits per heavy atom. The average molecular weight is 326 g/mol. The van der Waals surface area contributed by atoms with Crippen molar-refractivity contribution in [2.45, 2.75) is 4.90 Å². The number of carbonyl (C=O) groups is 1. The molecule has 8 heteroatoms. The smallest absolute Gasteiger partial charge is 0.345 e. The SMILES string of the molecule is CN(C)c1ccc(NS(=O)(=O)c2csc(C(=O)O)c2)cc1. The van der Waals surface area contributed by atoms with Crippen LogP contribution in [0.5, 0.6) is 0 Å². The largest absolute Gasteiger partial charge is 0.477 e. The van der Waals surface area contributed by atoms with Crippen LogP contribution in [0.2, 0.25) is 0 Å². The third kappa shape index (κ3) is 3.53. The number of carboxylic acid groups (broad SMARTS) is 1. The van der Waals surface area contributed by atoms with Crippen molar-refractivity contribution >= 4 is 38.7 Å². The molecule has 0 aliphatic carbocycles. The minimum absolute atomic E-state index is 0.0154. The van der Waals surface area contributed by atoms with Crippen molar-refractivity contribution in [3.63, 3.8) is 0 Å². The monoisotopic (exact) mass is 326 g/mol. The molecule has 0 amide bonds. The Kier molecular flexibility index (Phi) is 4.19. The third-order valence-corrected chi connectivity index (χ3v) is 5.16. The lowest BCUT2D eigenvalue weighted by Gasteiger charge is -2.13. The van der Waals surface area contributed by atoms with Crippen molar-refractivity contribution in [2.75, 3.05) is 23.7 Å². The van der Waals surface area contributed by atoms with Gasteiger partial charge in [0.2, 0.25) is 0 Å². The van der Waals surface area contributed by atoms with E-state index in [9.17, 15) is 13.2 Å². The molecular formula is C13H14N2O4S2. The minimum atomic E-state index is -3.78. The Hall–Kier alpha value is -2.06. The van der Waals surface area contributed by atoms with Gasteiger partial charge in [-0.1, -0.05) is 0 Å². The highest BCUT2D eigenvalue weighted by atomic mass is 32.2. The second-order valence-electron chi connectivity index (χ2n) is 4.50. The van der Waals surface area contributed by atoms with Gasteiger partial charge in [-0.3, -0.25) is 4.72 Å². The first-order valence-corrected chi connectivity index (χ1v) is 8.28. The molecular weight excluding hydrogens is 312 g/mol. The molecule has 21 heavy (non-hydrogen) atoms. The Bertz CT molecular complexity index is 749. The lowest BCUT2D eigenvalue weighted by atomic mass is 10.3. The van der Waals surface area contributed by atoms with Crippen molar-refractivity contribution in [3.05, 3.63) is 40.6 Å². The summed E-state index contributed by atoms with van der Waals surface area (Å²) < 4.78 is 26.7. The van der Waals surface area contributed by atoms with Crippen LogP contribution in [0.3, 0.4) is 0 Å². The number of aromatic carboxylic acids is 1. The van der Waals surface area contributed by atoms with E-state index < -0.39 is 16.0 Å². The molecule has 0 saturated heterocycles. The highest BCUT2D eigenvalue weighted by Crippen LogP contribution is 2.23. The van der Waals surface area contributed by atoms with Gasteiger partial charge in [0.25, 0.3) is 10.0 Å². The van der Waals surface area contributed by atoms with Crippen LogP contribution in [-0.2, 0) is 10.0 Å². The second-order valence-corrected chi connectivity index (χ2v) is 7.09. The average Bonchev–Trinajstić information content (AvgIpc) is 2.89. The normalized spacial score (nSPS) is 11.1. The van der Waals surface area contributed by atoms with E-state index >= 15 is 0 Å². The number of hydrogen-bond donors (Lipinski definition) is 2. The third-order valence-electron chi connectivity index (χ3n) is 2.73. The van der Waals surface area contributed by atoms with Crippen LogP contribution in [0.1, 0.15) is 9.67 Å². The molecule has 1 aromatic heterocycles. The van der Waals surface area contributed by atoms with Crippen LogP contribution < -0.4 is 9.62 Å². The van der Waals surface area contributed by atoms with Crippen molar-refractivity contribution in [1.29, 1.82) is 0 Å². The van der Waals surface area contributed by atoms with Gasteiger partial charge >= 0.3 is 5.97 Å². The maximum atomic E-state index is 12.1. The maximum Gasteiger partial charge on any atom is 0.345 e. The summed E-state index contributed by atoms with van der Waals surface area (Å²) in [6, 6.07) is 8.01. The molecule has 0 bridgehead atoms. The number of carboxylic acids is 1. The van der Waals surface area contributed by atoms with Crippen LogP contribution in [0, 0.1) is 0 Å². The summed E-state index contributed by atoms with van der Waals surface area (Å²) in [5.41, 5.74) is 1.37. The zero-order chi connectivity index (χ0) is 15.6. The van der Waals surface area contributed by atoms with E-state index in [2.05, 4.69) is 4.72 Å². The first-order chi connectivity index (χ1) is 9.79. The summed E-state index contributed by atoms with van der Waals surface area (Å²) in [4.78, 5) is 12.6. The molecule has 0 aliphatic heterocycles. The zero-order valence-corrected chi connectivity index (χ0v) is 13.0. The zero-order valence-electron chi connectivity index (χ0n) is 11.4. The van der Waals surface area contributed by atoms with E-state index in [1.807, 2.05) is 19.0 Å². The van der Waals surface area contributed by atoms with Crippen molar-refractivity contribution in [3.8, 4) is 0 Å². The van der Waals surface area contributed by atoms with E-state index in [0.717, 1.165) is 23.1 Å². The molecule has 0 spiro atoms. The molecule has 0 fully saturated rings. The van der Waals surface area contributed by atoms with Crippen LogP contribution in [0.25, 0.3) is 0 Å². The maximum absolute atomic E-state index is 12.1. The quantitative estimate of drug-likeness (QED) is 0.880. The van der Waals surface area contributed by atoms with Crippen LogP contribution in [-0.4, -0.2) is 33.6 Å². The standard InChI is InChI=1S/C13H14N2O4S2/c1-15(2)10-5-3-9(4-6-10)14-21(18,19)11-7-12(13(16)17)20-8-11/h3-8,14H,1-2H3,(H,16,17). The van der Waals surface area contributed by atoms with Crippen molar-refractivity contribution < 1.29 is 18.3 Å². The fraction of sp³-hybridized carbons (Fsp3) is 0.154. The Morgan fingerprint density at radius 1 is 1.24 bits per heavy atom. The van der Waals surface area contributed by atoms with Gasteiger partial charge in [0.05, 0.1) is 4.90 Å². The van der Waals surface area contributed by atoms with Gasteiger partial charge in [-0.2, -0.15) is 0 Å². The molecule has 1 aromatic carbocycles. The van der Waals surface area contributed by atoms with Crippen LogP contribution in [0.4, 0.5) is 11.4 Å². The van der Waals surface area contributed by atoms with Gasteiger partial charge < -0.3 is 10.0 Å². The van der Waals surface area contributed by atoms with Crippen molar-refractivity contribution in [2.24, 2.45) is 0 Å². The Morgan fingerprint density at radius 2 is 1.86 bits per heavy atom. The molecule has 0 aliphatic rings. The fourth-order valence-corrected chi connectivity index (χ4v) is 3.78. The molecule has 2 aromatic rings. The van der Waals surface area contributed by atoms with E-state index in [1.165, 1.54) is 5.38 Å². The highest BCUT2D eigenvalue weighted by Gasteiger charge is 2.18. The molecule has 6 nitrogen and oxygen atoms in total. The fourth-order valence-electron chi connectivity index (χ4n) is 1.61. The van der Waals surface area contributed by atoms with E-state index in [-0.39, 0.29) is 9.77 Å². The summed E-state index contributed by atoms with van der Waals surface area (Å²) >= 11 is 0.876. The number of hydrogen-bond acceptors (Lipinski definition) is 5. The molecule has 0 radical (unpaired) electrons. The number of anilines is 2. The highest BCUT2D eigenvalue weighted by molar-refractivity contribution is 7.92. The predicted molar refractivity (Wildman–Crippen MR) is 82.9 cm³/mol. The number of thiophene rings is 1. The van der Waals surface area contributed by atoms with Crippen LogP contribution >= 0.6 is 11.3 Å². The van der Waals surface area contributed by atoms with Gasteiger partial charge in [0.1, 0.15) is 4.88 Å². The first kappa shape index (κ1) is 15.3. The lowest BCUT2D eigenvalue weighted by Crippen LogP contribution is -2.13. The van der Waals surface area contributed by atoms with Crippen LogP contribution in [0.15, 0.2) is 40.6 Å². The summed E-state index contributed by atoms with van der Waals surface area (Å²) in [6.45, 7) is 0. The van der Waals surface area contributed by atoms with Gasteiger partial charge in [-0.25, -0.2) is 13.2 Å². The topological polar surface area (TPSA) is 86.7 Å². The van der Waals surface area contributed by atoms with Gasteiger partial charge in [-0.05, 0) is 30.3 Å².